The Morgan fingerprint density at radius 1 is 1.14 bits per heavy atom. The molecule has 13 heteroatoms. The monoisotopic (exact) mass is 507 g/mol. The zero-order chi connectivity index (χ0) is 23.9. The first-order chi connectivity index (χ1) is 15.4. The Morgan fingerprint density at radius 2 is 1.80 bits per heavy atom. The van der Waals surface area contributed by atoms with Gasteiger partial charge in [-0.25, -0.2) is 15.9 Å². The Hall–Kier alpha value is -1.12. The first-order valence-electron chi connectivity index (χ1n) is 11.0. The molecule has 6 aliphatic rings. The molecule has 6 rings (SSSR count). The van der Waals surface area contributed by atoms with Crippen LogP contribution in [0.4, 0.5) is 0 Å². The van der Waals surface area contributed by atoms with Gasteiger partial charge in [0, 0.05) is 0 Å². The van der Waals surface area contributed by atoms with Crippen LogP contribution in [0.5, 0.6) is 0 Å². The molecular formula is C22H28NaO12+. The van der Waals surface area contributed by atoms with Crippen LogP contribution in [-0.2, 0) is 48.3 Å². The maximum Gasteiger partial charge on any atom is 1.00 e. The molecule has 2 spiro atoms. The van der Waals surface area contributed by atoms with Crippen molar-refractivity contribution >= 4 is 24.2 Å². The fourth-order valence-electron chi connectivity index (χ4n) is 8.42. The number of carbonyl (C=O) groups excluding carboxylic acids is 4. The van der Waals surface area contributed by atoms with Crippen molar-refractivity contribution in [1.82, 2.24) is 0 Å². The summed E-state index contributed by atoms with van der Waals surface area (Å²) in [6.07, 6.45) is -5.06. The van der Waals surface area contributed by atoms with Crippen LogP contribution in [0.1, 0.15) is 34.1 Å². The molecule has 188 valence electrons. The standard InChI is InChI=1S/C22H25O11.Na.H2O/c1-8-14(25)31-12-11(24)20-10-7-9(18(2,3)4)19(20)13(29-6-5-23)15(26)32-17(19)33-22(20,16(27)30-10)21(8,12)28;;/h8-13,17,24,28H,6-7H2,1-4H3;;1H2/q-1;+1;/p+1/t8?,9-,10?,11-,12-,13-,17-,19?,20-,21+,22+;;/m0../s1. The van der Waals surface area contributed by atoms with E-state index in [0.717, 1.165) is 0 Å². The largest absolute Gasteiger partial charge is 1.00 e. The van der Waals surface area contributed by atoms with Crippen LogP contribution in [0.15, 0.2) is 0 Å². The summed E-state index contributed by atoms with van der Waals surface area (Å²) in [5.41, 5.74) is -8.28. The van der Waals surface area contributed by atoms with E-state index in [0.29, 0.717) is 0 Å². The molecule has 4 aliphatic heterocycles. The summed E-state index contributed by atoms with van der Waals surface area (Å²) in [6, 6.07) is 0. The smallest absolute Gasteiger partial charge is 0.540 e. The van der Waals surface area contributed by atoms with Gasteiger partial charge < -0.3 is 44.2 Å². The fourth-order valence-corrected chi connectivity index (χ4v) is 8.42. The van der Waals surface area contributed by atoms with Gasteiger partial charge in [-0.05, 0) is 31.3 Å². The summed E-state index contributed by atoms with van der Waals surface area (Å²) in [5, 5.41) is 23.8. The molecule has 4 heterocycles. The van der Waals surface area contributed by atoms with E-state index in [1.54, 1.807) is 6.29 Å². The van der Waals surface area contributed by atoms with Crippen LogP contribution in [0.25, 0.3) is 0 Å². The fraction of sp³-hybridized carbons (Fsp3) is 0.818. The molecular weight excluding hydrogens is 479 g/mol. The van der Waals surface area contributed by atoms with Crippen molar-refractivity contribution in [2.24, 2.45) is 28.1 Å². The predicted octanol–water partition coefficient (Wildman–Crippen LogP) is -5.15. The first kappa shape index (κ1) is 26.9. The van der Waals surface area contributed by atoms with Gasteiger partial charge in [0.05, 0.1) is 16.7 Å². The SMILES string of the molecule is CC1C(=O)O[C@H]2[C@H](O)[C@@]34C5C[C@@H](C(C)(C)C)C36[C@@H](OC(=O)[C@@H]6OC[C-]=O)O[C@@]4(C(=O)O5)[C@@]12O.[Na+].[OH3+]. The first-order valence-corrected chi connectivity index (χ1v) is 11.0. The molecule has 0 radical (unpaired) electrons. The second kappa shape index (κ2) is 7.47. The van der Waals surface area contributed by atoms with Crippen molar-refractivity contribution in [3.8, 4) is 0 Å². The number of rotatable bonds is 3. The minimum absolute atomic E-state index is 0. The molecule has 11 atom stereocenters. The molecule has 2 aliphatic carbocycles. The van der Waals surface area contributed by atoms with Crippen molar-refractivity contribution in [1.29, 1.82) is 0 Å². The van der Waals surface area contributed by atoms with Crippen molar-refractivity contribution in [3.05, 3.63) is 0 Å². The summed E-state index contributed by atoms with van der Waals surface area (Å²) < 4.78 is 28.6. The van der Waals surface area contributed by atoms with Crippen LogP contribution in [0, 0.1) is 28.1 Å². The van der Waals surface area contributed by atoms with E-state index in [1.165, 1.54) is 6.92 Å². The van der Waals surface area contributed by atoms with Gasteiger partial charge in [-0.3, -0.25) is 4.79 Å². The molecule has 0 bridgehead atoms. The predicted molar refractivity (Wildman–Crippen MR) is 106 cm³/mol. The number of aliphatic hydroxyl groups is 2. The van der Waals surface area contributed by atoms with Gasteiger partial charge in [0.2, 0.25) is 11.9 Å². The van der Waals surface area contributed by atoms with Gasteiger partial charge in [-0.1, -0.05) is 20.8 Å². The number of ether oxygens (including phenoxy) is 5. The molecule has 0 amide bonds. The topological polar surface area (TPSA) is 188 Å². The van der Waals surface area contributed by atoms with E-state index in [9.17, 15) is 29.4 Å². The number of aliphatic hydroxyl groups excluding tert-OH is 1. The van der Waals surface area contributed by atoms with Crippen LogP contribution < -0.4 is 29.6 Å². The summed E-state index contributed by atoms with van der Waals surface area (Å²) >= 11 is 0. The molecule has 0 aromatic carbocycles. The van der Waals surface area contributed by atoms with Gasteiger partial charge in [0.15, 0.2) is 17.8 Å². The van der Waals surface area contributed by atoms with Gasteiger partial charge in [0.25, 0.3) is 0 Å². The Bertz CT molecular complexity index is 1010. The third-order valence-electron chi connectivity index (χ3n) is 9.28. The van der Waals surface area contributed by atoms with E-state index in [1.807, 2.05) is 20.8 Å². The van der Waals surface area contributed by atoms with Crippen LogP contribution in [-0.4, -0.2) is 82.9 Å². The van der Waals surface area contributed by atoms with Crippen LogP contribution in [0.2, 0.25) is 0 Å². The Labute approximate surface area is 222 Å². The van der Waals surface area contributed by atoms with Gasteiger partial charge in [-0.15, -0.1) is 0 Å². The zero-order valence-electron chi connectivity index (χ0n) is 20.1. The average molecular weight is 507 g/mol. The Balaban J connectivity index is 0.00000144. The van der Waals surface area contributed by atoms with E-state index in [-0.39, 0.29) is 41.5 Å². The molecule has 3 unspecified atom stereocenters. The molecule has 35 heavy (non-hydrogen) atoms. The van der Waals surface area contributed by atoms with Crippen molar-refractivity contribution in [2.75, 3.05) is 6.61 Å². The summed E-state index contributed by atoms with van der Waals surface area (Å²) in [5.74, 6) is -4.25. The van der Waals surface area contributed by atoms with E-state index in [2.05, 4.69) is 0 Å². The molecule has 0 aromatic heterocycles. The van der Waals surface area contributed by atoms with Crippen molar-refractivity contribution in [2.45, 2.75) is 76.0 Å². The number of fused-ring (bicyclic) bond motifs is 1. The molecule has 0 aromatic rings. The maximum atomic E-state index is 13.5. The molecule has 6 fully saturated rings. The van der Waals surface area contributed by atoms with E-state index < -0.39 is 94.5 Å². The normalized spacial score (nSPS) is 52.4. The molecule has 12 nitrogen and oxygen atoms in total. The molecule has 4 saturated heterocycles. The number of carbonyl (C=O) groups is 3. The van der Waals surface area contributed by atoms with E-state index in [4.69, 9.17) is 23.7 Å². The van der Waals surface area contributed by atoms with Gasteiger partial charge in [-0.2, -0.15) is 0 Å². The van der Waals surface area contributed by atoms with Gasteiger partial charge in [0.1, 0.15) is 12.2 Å². The van der Waals surface area contributed by atoms with Crippen LogP contribution in [0.3, 0.4) is 0 Å². The number of esters is 3. The second-order valence-corrected chi connectivity index (χ2v) is 11.1. The van der Waals surface area contributed by atoms with Crippen molar-refractivity contribution in [3.63, 3.8) is 0 Å². The summed E-state index contributed by atoms with van der Waals surface area (Å²) in [4.78, 5) is 50.1. The zero-order valence-corrected chi connectivity index (χ0v) is 22.1. The third kappa shape index (κ3) is 2.30. The summed E-state index contributed by atoms with van der Waals surface area (Å²) in [7, 11) is 0. The molecule has 5 N–H and O–H groups in total. The maximum absolute atomic E-state index is 13.5. The Morgan fingerprint density at radius 3 is 2.40 bits per heavy atom. The molecule has 2 saturated carbocycles. The quantitative estimate of drug-likeness (QED) is 0.122. The second-order valence-electron chi connectivity index (χ2n) is 11.1. The van der Waals surface area contributed by atoms with Crippen molar-refractivity contribution < 1.29 is 88.1 Å². The summed E-state index contributed by atoms with van der Waals surface area (Å²) in [6.45, 7) is 6.62. The van der Waals surface area contributed by atoms with E-state index >= 15 is 0 Å². The Kier molecular flexibility index (Phi) is 5.75. The number of hydrogen-bond acceptors (Lipinski definition) is 11. The minimum Gasteiger partial charge on any atom is -0.540 e. The number of hydrogen-bond donors (Lipinski definition) is 2. The minimum atomic E-state index is -2.27. The average Bonchev–Trinajstić information content (AvgIpc) is 3.44. The van der Waals surface area contributed by atoms with Crippen LogP contribution >= 0.6 is 0 Å². The third-order valence-corrected chi connectivity index (χ3v) is 9.28. The van der Waals surface area contributed by atoms with Gasteiger partial charge >= 0.3 is 47.5 Å².